The number of rotatable bonds is 5. The zero-order valence-corrected chi connectivity index (χ0v) is 11.4. The van der Waals surface area contributed by atoms with Gasteiger partial charge in [0, 0.05) is 5.56 Å². The largest absolute Gasteiger partial charge is 0.493 e. The van der Waals surface area contributed by atoms with Crippen molar-refractivity contribution >= 4 is 5.91 Å². The molecular formula is C13H15N3O4. The van der Waals surface area contributed by atoms with Gasteiger partial charge in [-0.1, -0.05) is 0 Å². The molecule has 20 heavy (non-hydrogen) atoms. The molecule has 0 fully saturated rings. The summed E-state index contributed by atoms with van der Waals surface area (Å²) in [4.78, 5) is 11.1. The van der Waals surface area contributed by atoms with E-state index in [1.54, 1.807) is 18.2 Å². The third-order valence-corrected chi connectivity index (χ3v) is 2.82. The van der Waals surface area contributed by atoms with Crippen LogP contribution in [0.5, 0.6) is 17.2 Å². The maximum absolute atomic E-state index is 11.1. The Bertz CT molecular complexity index is 637. The Morgan fingerprint density at radius 2 is 1.85 bits per heavy atom. The van der Waals surface area contributed by atoms with E-state index in [2.05, 4.69) is 10.2 Å². The molecule has 1 heterocycles. The van der Waals surface area contributed by atoms with Crippen LogP contribution < -0.4 is 19.9 Å². The van der Waals surface area contributed by atoms with Crippen LogP contribution in [0.2, 0.25) is 0 Å². The van der Waals surface area contributed by atoms with E-state index in [-0.39, 0.29) is 5.69 Å². The van der Waals surface area contributed by atoms with E-state index in [4.69, 9.17) is 19.9 Å². The number of carbonyl (C=O) groups excluding carboxylic acids is 1. The summed E-state index contributed by atoms with van der Waals surface area (Å²) in [5.41, 5.74) is 6.60. The molecule has 0 aliphatic carbocycles. The van der Waals surface area contributed by atoms with Gasteiger partial charge in [-0.15, -0.1) is 0 Å². The first kappa shape index (κ1) is 13.7. The second-order valence-corrected chi connectivity index (χ2v) is 3.91. The minimum absolute atomic E-state index is 0.219. The van der Waals surface area contributed by atoms with Gasteiger partial charge in [0.1, 0.15) is 5.69 Å². The molecule has 2 rings (SSSR count). The predicted molar refractivity (Wildman–Crippen MR) is 72.2 cm³/mol. The maximum Gasteiger partial charge on any atom is 0.266 e. The lowest BCUT2D eigenvalue weighted by molar-refractivity contribution is 0.0995. The number of primary amides is 1. The summed E-state index contributed by atoms with van der Waals surface area (Å²) in [5.74, 6) is 0.882. The molecule has 0 spiro atoms. The highest BCUT2D eigenvalue weighted by Gasteiger charge is 2.19. The van der Waals surface area contributed by atoms with Gasteiger partial charge in [-0.2, -0.15) is 5.10 Å². The number of amides is 1. The molecule has 0 radical (unpaired) electrons. The molecule has 0 aliphatic heterocycles. The summed E-state index contributed by atoms with van der Waals surface area (Å²) < 4.78 is 15.9. The Balaban J connectivity index is 2.58. The molecule has 0 saturated heterocycles. The summed E-state index contributed by atoms with van der Waals surface area (Å²) in [6, 6.07) is 5.04. The summed E-state index contributed by atoms with van der Waals surface area (Å²) in [7, 11) is 4.57. The van der Waals surface area contributed by atoms with E-state index >= 15 is 0 Å². The van der Waals surface area contributed by atoms with Crippen LogP contribution >= 0.6 is 0 Å². The Morgan fingerprint density at radius 3 is 2.35 bits per heavy atom. The number of H-pyrrole nitrogens is 1. The molecule has 0 bridgehead atoms. The minimum Gasteiger partial charge on any atom is -0.493 e. The molecule has 0 saturated carbocycles. The van der Waals surface area contributed by atoms with Crippen LogP contribution in [-0.2, 0) is 0 Å². The zero-order valence-electron chi connectivity index (χ0n) is 11.4. The highest BCUT2D eigenvalue weighted by molar-refractivity contribution is 5.92. The number of hydrogen-bond acceptors (Lipinski definition) is 5. The van der Waals surface area contributed by atoms with Crippen molar-refractivity contribution in [1.29, 1.82) is 0 Å². The Hall–Kier alpha value is -2.70. The Kier molecular flexibility index (Phi) is 3.79. The van der Waals surface area contributed by atoms with E-state index < -0.39 is 5.91 Å². The second kappa shape index (κ2) is 5.52. The number of methoxy groups -OCH3 is 3. The molecule has 1 aromatic carbocycles. The van der Waals surface area contributed by atoms with Crippen LogP contribution in [-0.4, -0.2) is 37.4 Å². The zero-order chi connectivity index (χ0) is 14.7. The van der Waals surface area contributed by atoms with E-state index in [1.165, 1.54) is 21.3 Å². The lowest BCUT2D eigenvalue weighted by Gasteiger charge is -2.14. The number of hydrogen-bond donors (Lipinski definition) is 2. The van der Waals surface area contributed by atoms with Gasteiger partial charge >= 0.3 is 0 Å². The van der Waals surface area contributed by atoms with E-state index in [9.17, 15) is 4.79 Å². The summed E-state index contributed by atoms with van der Waals surface area (Å²) in [5, 5.41) is 6.61. The quantitative estimate of drug-likeness (QED) is 0.855. The standard InChI is InChI=1S/C13H15N3O4/c1-18-10-5-4-7(11(19-2)12(10)20-3)8-6-9(13(14)17)16-15-8/h4-6H,1-3H3,(H2,14,17)(H,15,16). The van der Waals surface area contributed by atoms with Gasteiger partial charge in [-0.3, -0.25) is 9.89 Å². The average molecular weight is 277 g/mol. The monoisotopic (exact) mass is 277 g/mol. The average Bonchev–Trinajstić information content (AvgIpc) is 2.95. The summed E-state index contributed by atoms with van der Waals surface area (Å²) in [6.45, 7) is 0. The van der Waals surface area contributed by atoms with Crippen LogP contribution in [0, 0.1) is 0 Å². The summed E-state index contributed by atoms with van der Waals surface area (Å²) >= 11 is 0. The van der Waals surface area contributed by atoms with Crippen LogP contribution in [0.15, 0.2) is 18.2 Å². The molecule has 7 nitrogen and oxygen atoms in total. The smallest absolute Gasteiger partial charge is 0.266 e. The third-order valence-electron chi connectivity index (χ3n) is 2.82. The van der Waals surface area contributed by atoms with Gasteiger partial charge in [0.05, 0.1) is 27.0 Å². The van der Waals surface area contributed by atoms with Gasteiger partial charge in [0.25, 0.3) is 5.91 Å². The second-order valence-electron chi connectivity index (χ2n) is 3.91. The molecule has 7 heteroatoms. The first-order chi connectivity index (χ1) is 9.62. The molecule has 0 unspecified atom stereocenters. The van der Waals surface area contributed by atoms with Crippen molar-refractivity contribution in [2.45, 2.75) is 0 Å². The van der Waals surface area contributed by atoms with Crippen molar-refractivity contribution in [3.63, 3.8) is 0 Å². The number of nitrogens with one attached hydrogen (secondary N) is 1. The van der Waals surface area contributed by atoms with Crippen LogP contribution in [0.1, 0.15) is 10.5 Å². The lowest BCUT2D eigenvalue weighted by atomic mass is 10.1. The predicted octanol–water partition coefficient (Wildman–Crippen LogP) is 1.20. The van der Waals surface area contributed by atoms with Crippen molar-refractivity contribution in [2.75, 3.05) is 21.3 Å². The van der Waals surface area contributed by atoms with Gasteiger partial charge in [0.15, 0.2) is 11.5 Å². The number of aromatic amines is 1. The minimum atomic E-state index is -0.580. The molecule has 3 N–H and O–H groups in total. The van der Waals surface area contributed by atoms with Crippen molar-refractivity contribution in [3.05, 3.63) is 23.9 Å². The number of carbonyl (C=O) groups is 1. The van der Waals surface area contributed by atoms with Gasteiger partial charge < -0.3 is 19.9 Å². The first-order valence-electron chi connectivity index (χ1n) is 5.77. The number of nitrogens with zero attached hydrogens (tertiary/aromatic N) is 1. The maximum atomic E-state index is 11.1. The molecule has 2 aromatic rings. The highest BCUT2D eigenvalue weighted by Crippen LogP contribution is 2.43. The number of nitrogens with two attached hydrogens (primary N) is 1. The third kappa shape index (κ3) is 2.25. The van der Waals surface area contributed by atoms with Gasteiger partial charge in [-0.25, -0.2) is 0 Å². The molecule has 1 aromatic heterocycles. The van der Waals surface area contributed by atoms with E-state index in [1.807, 2.05) is 0 Å². The van der Waals surface area contributed by atoms with Gasteiger partial charge in [-0.05, 0) is 18.2 Å². The normalized spacial score (nSPS) is 10.2. The molecule has 0 atom stereocenters. The van der Waals surface area contributed by atoms with Crippen LogP contribution in [0.25, 0.3) is 11.3 Å². The molecule has 1 amide bonds. The number of benzene rings is 1. The fraction of sp³-hybridized carbons (Fsp3) is 0.231. The highest BCUT2D eigenvalue weighted by atomic mass is 16.5. The lowest BCUT2D eigenvalue weighted by Crippen LogP contribution is -2.10. The van der Waals surface area contributed by atoms with Crippen LogP contribution in [0.4, 0.5) is 0 Å². The SMILES string of the molecule is COc1ccc(-c2cc(C(N)=O)[nH]n2)c(OC)c1OC. The summed E-state index contributed by atoms with van der Waals surface area (Å²) in [6.07, 6.45) is 0. The fourth-order valence-electron chi connectivity index (χ4n) is 1.89. The van der Waals surface area contributed by atoms with Crippen molar-refractivity contribution in [2.24, 2.45) is 5.73 Å². The molecule has 106 valence electrons. The number of ether oxygens (including phenoxy) is 3. The van der Waals surface area contributed by atoms with E-state index in [0.29, 0.717) is 28.5 Å². The van der Waals surface area contributed by atoms with Crippen LogP contribution in [0.3, 0.4) is 0 Å². The molecule has 0 aliphatic rings. The van der Waals surface area contributed by atoms with Crippen molar-refractivity contribution in [3.8, 4) is 28.5 Å². The molecular weight excluding hydrogens is 262 g/mol. The van der Waals surface area contributed by atoms with Gasteiger partial charge in [0.2, 0.25) is 5.75 Å². The van der Waals surface area contributed by atoms with E-state index in [0.717, 1.165) is 0 Å². The fourth-order valence-corrected chi connectivity index (χ4v) is 1.89. The van der Waals surface area contributed by atoms with Crippen molar-refractivity contribution < 1.29 is 19.0 Å². The van der Waals surface area contributed by atoms with Crippen molar-refractivity contribution in [1.82, 2.24) is 10.2 Å². The topological polar surface area (TPSA) is 99.5 Å². The Morgan fingerprint density at radius 1 is 1.15 bits per heavy atom. The Labute approximate surface area is 115 Å². The number of aromatic nitrogens is 2. The first-order valence-corrected chi connectivity index (χ1v) is 5.77.